The molecule has 1 aliphatic rings. The van der Waals surface area contributed by atoms with Gasteiger partial charge in [0.2, 0.25) is 11.8 Å². The molecule has 1 heterocycles. The summed E-state index contributed by atoms with van der Waals surface area (Å²) in [5, 5.41) is 5.61. The fourth-order valence-electron chi connectivity index (χ4n) is 2.31. The van der Waals surface area contributed by atoms with Gasteiger partial charge in [-0.25, -0.2) is 4.39 Å². The highest BCUT2D eigenvalue weighted by Gasteiger charge is 2.26. The summed E-state index contributed by atoms with van der Waals surface area (Å²) in [4.78, 5) is 25.1. The molecule has 6 nitrogen and oxygen atoms in total. The molecule has 21 heavy (non-hydrogen) atoms. The number of hydrogen-bond acceptors (Lipinski definition) is 4. The molecule has 7 heteroatoms. The monoisotopic (exact) mass is 294 g/mol. The predicted molar refractivity (Wildman–Crippen MR) is 77.1 cm³/mol. The first-order valence-corrected chi connectivity index (χ1v) is 6.86. The van der Waals surface area contributed by atoms with Gasteiger partial charge in [-0.05, 0) is 12.1 Å². The van der Waals surface area contributed by atoms with Gasteiger partial charge in [0.1, 0.15) is 11.9 Å². The molecular weight excluding hydrogens is 275 g/mol. The lowest BCUT2D eigenvalue weighted by atomic mass is 10.1. The molecule has 1 aromatic carbocycles. The van der Waals surface area contributed by atoms with Gasteiger partial charge in [-0.2, -0.15) is 0 Å². The number of nitrogens with two attached hydrogens (primary N) is 1. The van der Waals surface area contributed by atoms with Crippen LogP contribution in [-0.4, -0.2) is 48.9 Å². The van der Waals surface area contributed by atoms with Crippen LogP contribution >= 0.6 is 0 Å². The maximum atomic E-state index is 13.4. The van der Waals surface area contributed by atoms with Gasteiger partial charge in [0.05, 0.1) is 5.69 Å². The Morgan fingerprint density at radius 3 is 2.90 bits per heavy atom. The van der Waals surface area contributed by atoms with Gasteiger partial charge in [0, 0.05) is 32.6 Å². The molecule has 0 aromatic heterocycles. The fraction of sp³-hybridized carbons (Fsp3) is 0.429. The molecule has 1 aliphatic heterocycles. The number of benzene rings is 1. The van der Waals surface area contributed by atoms with Gasteiger partial charge in [-0.15, -0.1) is 0 Å². The van der Waals surface area contributed by atoms with Gasteiger partial charge < -0.3 is 16.4 Å². The SMILES string of the molecule is NC(=O)C1CNCCN1CCC(=O)Nc1ccccc1F. The molecule has 1 atom stereocenters. The van der Waals surface area contributed by atoms with Crippen LogP contribution in [0.3, 0.4) is 0 Å². The first kappa shape index (κ1) is 15.4. The summed E-state index contributed by atoms with van der Waals surface area (Å²) in [7, 11) is 0. The van der Waals surface area contributed by atoms with E-state index in [0.29, 0.717) is 19.6 Å². The number of anilines is 1. The largest absolute Gasteiger partial charge is 0.368 e. The van der Waals surface area contributed by atoms with Crippen LogP contribution < -0.4 is 16.4 Å². The molecule has 2 rings (SSSR count). The molecule has 114 valence electrons. The van der Waals surface area contributed by atoms with E-state index < -0.39 is 17.8 Å². The number of amides is 2. The summed E-state index contributed by atoms with van der Waals surface area (Å²) in [5.74, 6) is -1.17. The number of nitrogens with one attached hydrogen (secondary N) is 2. The molecule has 0 spiro atoms. The highest BCUT2D eigenvalue weighted by Crippen LogP contribution is 2.13. The Bertz CT molecular complexity index is 523. The van der Waals surface area contributed by atoms with Crippen molar-refractivity contribution in [1.82, 2.24) is 10.2 Å². The highest BCUT2D eigenvalue weighted by molar-refractivity contribution is 5.91. The number of hydrogen-bond donors (Lipinski definition) is 3. The summed E-state index contributed by atoms with van der Waals surface area (Å²) in [5.41, 5.74) is 5.50. The van der Waals surface area contributed by atoms with Crippen molar-refractivity contribution in [2.45, 2.75) is 12.5 Å². The first-order chi connectivity index (χ1) is 10.1. The lowest BCUT2D eigenvalue weighted by molar-refractivity contribution is -0.125. The van der Waals surface area contributed by atoms with Crippen LogP contribution in [0, 0.1) is 5.82 Å². The number of rotatable bonds is 5. The van der Waals surface area contributed by atoms with Gasteiger partial charge in [-0.3, -0.25) is 14.5 Å². The summed E-state index contributed by atoms with van der Waals surface area (Å²) < 4.78 is 13.4. The van der Waals surface area contributed by atoms with E-state index in [2.05, 4.69) is 10.6 Å². The van der Waals surface area contributed by atoms with Crippen molar-refractivity contribution in [3.63, 3.8) is 0 Å². The zero-order chi connectivity index (χ0) is 15.2. The van der Waals surface area contributed by atoms with E-state index in [4.69, 9.17) is 5.73 Å². The number of carbonyl (C=O) groups excluding carboxylic acids is 2. The smallest absolute Gasteiger partial charge is 0.236 e. The van der Waals surface area contributed by atoms with E-state index in [9.17, 15) is 14.0 Å². The zero-order valence-electron chi connectivity index (χ0n) is 11.6. The fourth-order valence-corrected chi connectivity index (χ4v) is 2.31. The van der Waals surface area contributed by atoms with Gasteiger partial charge in [0.15, 0.2) is 0 Å². The minimum absolute atomic E-state index is 0.161. The topological polar surface area (TPSA) is 87.5 Å². The molecule has 1 unspecified atom stereocenters. The van der Waals surface area contributed by atoms with E-state index in [1.807, 2.05) is 4.90 Å². The highest BCUT2D eigenvalue weighted by atomic mass is 19.1. The van der Waals surface area contributed by atoms with Crippen molar-refractivity contribution in [2.24, 2.45) is 5.73 Å². The Morgan fingerprint density at radius 2 is 2.19 bits per heavy atom. The molecule has 4 N–H and O–H groups in total. The van der Waals surface area contributed by atoms with E-state index in [1.165, 1.54) is 12.1 Å². The number of nitrogens with zero attached hydrogens (tertiary/aromatic N) is 1. The van der Waals surface area contributed by atoms with E-state index in [1.54, 1.807) is 12.1 Å². The van der Waals surface area contributed by atoms with Gasteiger partial charge in [0.25, 0.3) is 0 Å². The summed E-state index contributed by atoms with van der Waals surface area (Å²) in [6.45, 7) is 2.30. The van der Waals surface area contributed by atoms with Crippen LogP contribution in [0.2, 0.25) is 0 Å². The maximum Gasteiger partial charge on any atom is 0.236 e. The Kier molecular flexibility index (Phi) is 5.24. The number of primary amides is 1. The van der Waals surface area contributed by atoms with Crippen molar-refractivity contribution < 1.29 is 14.0 Å². The van der Waals surface area contributed by atoms with E-state index >= 15 is 0 Å². The van der Waals surface area contributed by atoms with Crippen LogP contribution in [0.4, 0.5) is 10.1 Å². The summed E-state index contributed by atoms with van der Waals surface area (Å²) >= 11 is 0. The Morgan fingerprint density at radius 1 is 1.43 bits per heavy atom. The third-order valence-corrected chi connectivity index (χ3v) is 3.46. The molecule has 0 bridgehead atoms. The van der Waals surface area contributed by atoms with Gasteiger partial charge in [-0.1, -0.05) is 12.1 Å². The predicted octanol–water partition coefficient (Wildman–Crippen LogP) is -0.0866. The standard InChI is InChI=1S/C14H19FN4O2/c15-10-3-1-2-4-11(10)18-13(20)5-7-19-8-6-17-9-12(19)14(16)21/h1-4,12,17H,5-9H2,(H2,16,21)(H,18,20). The molecule has 0 aliphatic carbocycles. The average Bonchev–Trinajstić information content (AvgIpc) is 2.48. The number of halogens is 1. The van der Waals surface area contributed by atoms with Crippen molar-refractivity contribution in [2.75, 3.05) is 31.5 Å². The van der Waals surface area contributed by atoms with Crippen LogP contribution in [0.25, 0.3) is 0 Å². The van der Waals surface area contributed by atoms with E-state index in [-0.39, 0.29) is 18.0 Å². The second-order valence-corrected chi connectivity index (χ2v) is 4.94. The molecule has 1 aromatic rings. The lowest BCUT2D eigenvalue weighted by Gasteiger charge is -2.33. The number of carbonyl (C=O) groups is 2. The average molecular weight is 294 g/mol. The molecule has 0 saturated carbocycles. The van der Waals surface area contributed by atoms with Crippen molar-refractivity contribution in [3.8, 4) is 0 Å². The van der Waals surface area contributed by atoms with Crippen molar-refractivity contribution >= 4 is 17.5 Å². The minimum atomic E-state index is -0.469. The zero-order valence-corrected chi connectivity index (χ0v) is 11.6. The second-order valence-electron chi connectivity index (χ2n) is 4.94. The van der Waals surface area contributed by atoms with Crippen molar-refractivity contribution in [1.29, 1.82) is 0 Å². The number of piperazine rings is 1. The first-order valence-electron chi connectivity index (χ1n) is 6.86. The second kappa shape index (κ2) is 7.14. The summed E-state index contributed by atoms with van der Waals surface area (Å²) in [6, 6.07) is 5.60. The van der Waals surface area contributed by atoms with Crippen LogP contribution in [0.5, 0.6) is 0 Å². The third kappa shape index (κ3) is 4.24. The van der Waals surface area contributed by atoms with E-state index in [0.717, 1.165) is 6.54 Å². The Hall–Kier alpha value is -1.99. The van der Waals surface area contributed by atoms with Crippen LogP contribution in [0.15, 0.2) is 24.3 Å². The lowest BCUT2D eigenvalue weighted by Crippen LogP contribution is -2.57. The van der Waals surface area contributed by atoms with Crippen LogP contribution in [0.1, 0.15) is 6.42 Å². The molecule has 0 radical (unpaired) electrons. The Balaban J connectivity index is 1.86. The minimum Gasteiger partial charge on any atom is -0.368 e. The number of para-hydroxylation sites is 1. The normalized spacial score (nSPS) is 19.2. The maximum absolute atomic E-state index is 13.4. The van der Waals surface area contributed by atoms with Crippen LogP contribution in [-0.2, 0) is 9.59 Å². The summed E-state index contributed by atoms with van der Waals surface area (Å²) in [6.07, 6.45) is 0.179. The molecule has 2 amide bonds. The van der Waals surface area contributed by atoms with Crippen molar-refractivity contribution in [3.05, 3.63) is 30.1 Å². The molecule has 1 saturated heterocycles. The van der Waals surface area contributed by atoms with Gasteiger partial charge >= 0.3 is 0 Å². The third-order valence-electron chi connectivity index (χ3n) is 3.46. The molecular formula is C14H19FN4O2. The quantitative estimate of drug-likeness (QED) is 0.708. The molecule has 1 fully saturated rings. The Labute approximate surface area is 122 Å².